The van der Waals surface area contributed by atoms with Gasteiger partial charge in [0.2, 0.25) is 0 Å². The second-order valence-electron chi connectivity index (χ2n) is 5.95. The number of hydrogen-bond donors (Lipinski definition) is 1. The number of benzene rings is 1. The molecule has 0 unspecified atom stereocenters. The number of rotatable bonds is 6. The van der Waals surface area contributed by atoms with Crippen LogP contribution in [0.5, 0.6) is 5.75 Å². The topological polar surface area (TPSA) is 84.0 Å². The van der Waals surface area contributed by atoms with E-state index in [2.05, 4.69) is 20.2 Å². The second-order valence-corrected chi connectivity index (χ2v) is 5.95. The maximum absolute atomic E-state index is 12.7. The molecule has 28 heavy (non-hydrogen) atoms. The number of halogens is 3. The van der Waals surface area contributed by atoms with E-state index in [1.807, 2.05) is 0 Å². The van der Waals surface area contributed by atoms with Gasteiger partial charge in [-0.3, -0.25) is 9.89 Å². The van der Waals surface area contributed by atoms with Crippen LogP contribution in [0.2, 0.25) is 0 Å². The standard InChI is InChI=1S/C18H16F3N5O2/c1-26(9-13-5-6-22-11-23-13)17(27)16-8-14(24-25-16)10-28-15-4-2-3-12(7-15)18(19,20)21/h2-8,11H,9-10H2,1H3,(H,24,25). The first-order valence-corrected chi connectivity index (χ1v) is 8.17. The average molecular weight is 391 g/mol. The molecule has 10 heteroatoms. The highest BCUT2D eigenvalue weighted by Crippen LogP contribution is 2.31. The minimum absolute atomic E-state index is 0.0583. The molecule has 7 nitrogen and oxygen atoms in total. The van der Waals surface area contributed by atoms with Gasteiger partial charge in [-0.2, -0.15) is 18.3 Å². The zero-order valence-corrected chi connectivity index (χ0v) is 14.8. The van der Waals surface area contributed by atoms with E-state index in [4.69, 9.17) is 4.74 Å². The molecule has 0 bridgehead atoms. The van der Waals surface area contributed by atoms with Crippen molar-refractivity contribution in [2.24, 2.45) is 0 Å². The van der Waals surface area contributed by atoms with Gasteiger partial charge in [0, 0.05) is 13.2 Å². The minimum Gasteiger partial charge on any atom is -0.487 e. The number of nitrogens with one attached hydrogen (secondary N) is 1. The quantitative estimate of drug-likeness (QED) is 0.698. The maximum Gasteiger partial charge on any atom is 0.416 e. The molecule has 1 N–H and O–H groups in total. The number of amides is 1. The number of aromatic nitrogens is 4. The van der Waals surface area contributed by atoms with Crippen LogP contribution in [-0.4, -0.2) is 38.0 Å². The monoisotopic (exact) mass is 391 g/mol. The smallest absolute Gasteiger partial charge is 0.416 e. The summed E-state index contributed by atoms with van der Waals surface area (Å²) in [5.41, 5.74) is 0.502. The van der Waals surface area contributed by atoms with Crippen molar-refractivity contribution in [1.82, 2.24) is 25.1 Å². The number of carbonyl (C=O) groups is 1. The van der Waals surface area contributed by atoms with Crippen molar-refractivity contribution < 1.29 is 22.7 Å². The van der Waals surface area contributed by atoms with Crippen molar-refractivity contribution in [2.45, 2.75) is 19.3 Å². The summed E-state index contributed by atoms with van der Waals surface area (Å²) in [6.45, 7) is 0.224. The molecule has 0 saturated heterocycles. The molecule has 1 aromatic carbocycles. The molecular weight excluding hydrogens is 375 g/mol. The van der Waals surface area contributed by atoms with Crippen LogP contribution in [0.3, 0.4) is 0 Å². The Hall–Kier alpha value is -3.43. The highest BCUT2D eigenvalue weighted by Gasteiger charge is 2.30. The zero-order chi connectivity index (χ0) is 20.1. The summed E-state index contributed by atoms with van der Waals surface area (Å²) in [7, 11) is 1.61. The Bertz CT molecular complexity index is 944. The van der Waals surface area contributed by atoms with E-state index in [9.17, 15) is 18.0 Å². The Morgan fingerprint density at radius 1 is 1.25 bits per heavy atom. The van der Waals surface area contributed by atoms with Crippen molar-refractivity contribution in [3.05, 3.63) is 71.6 Å². The lowest BCUT2D eigenvalue weighted by Gasteiger charge is -2.14. The van der Waals surface area contributed by atoms with Crippen LogP contribution in [0.25, 0.3) is 0 Å². The zero-order valence-electron chi connectivity index (χ0n) is 14.8. The Balaban J connectivity index is 1.60. The number of nitrogens with zero attached hydrogens (tertiary/aromatic N) is 4. The van der Waals surface area contributed by atoms with Gasteiger partial charge in [0.05, 0.1) is 23.5 Å². The number of ether oxygens (including phenoxy) is 1. The Kier molecular flexibility index (Phi) is 5.57. The molecule has 2 heterocycles. The predicted octanol–water partition coefficient (Wildman–Crippen LogP) is 3.07. The van der Waals surface area contributed by atoms with Crippen LogP contribution >= 0.6 is 0 Å². The molecule has 146 valence electrons. The van der Waals surface area contributed by atoms with Crippen molar-refractivity contribution in [2.75, 3.05) is 7.05 Å². The number of carbonyl (C=O) groups excluding carboxylic acids is 1. The van der Waals surface area contributed by atoms with Gasteiger partial charge in [-0.15, -0.1) is 0 Å². The normalized spacial score (nSPS) is 11.3. The van der Waals surface area contributed by atoms with Gasteiger partial charge >= 0.3 is 6.18 Å². The molecule has 0 spiro atoms. The highest BCUT2D eigenvalue weighted by atomic mass is 19.4. The van der Waals surface area contributed by atoms with Crippen LogP contribution in [0.1, 0.15) is 27.4 Å². The number of aromatic amines is 1. The van der Waals surface area contributed by atoms with E-state index < -0.39 is 11.7 Å². The van der Waals surface area contributed by atoms with Crippen molar-refractivity contribution in [3.8, 4) is 5.75 Å². The molecule has 0 fully saturated rings. The fourth-order valence-corrected chi connectivity index (χ4v) is 2.39. The minimum atomic E-state index is -4.44. The Labute approximate surface area is 158 Å². The lowest BCUT2D eigenvalue weighted by Crippen LogP contribution is -2.26. The summed E-state index contributed by atoms with van der Waals surface area (Å²) in [5.74, 6) is -0.265. The third-order valence-electron chi connectivity index (χ3n) is 3.79. The molecule has 1 amide bonds. The number of alkyl halides is 3. The Morgan fingerprint density at radius 3 is 2.79 bits per heavy atom. The lowest BCUT2D eigenvalue weighted by molar-refractivity contribution is -0.137. The van der Waals surface area contributed by atoms with E-state index in [1.165, 1.54) is 29.4 Å². The fourth-order valence-electron chi connectivity index (χ4n) is 2.39. The molecule has 0 aliphatic carbocycles. The van der Waals surface area contributed by atoms with Gasteiger partial charge in [-0.1, -0.05) is 6.07 Å². The van der Waals surface area contributed by atoms with Crippen molar-refractivity contribution in [3.63, 3.8) is 0 Å². The van der Waals surface area contributed by atoms with E-state index in [0.717, 1.165) is 12.1 Å². The summed E-state index contributed by atoms with van der Waals surface area (Å²) in [4.78, 5) is 21.7. The molecule has 0 aliphatic heterocycles. The van der Waals surface area contributed by atoms with E-state index in [0.29, 0.717) is 11.4 Å². The van der Waals surface area contributed by atoms with E-state index >= 15 is 0 Å². The first-order valence-electron chi connectivity index (χ1n) is 8.17. The molecule has 0 saturated carbocycles. The molecular formula is C18H16F3N5O2. The molecule has 0 radical (unpaired) electrons. The van der Waals surface area contributed by atoms with E-state index in [-0.39, 0.29) is 30.5 Å². The number of H-pyrrole nitrogens is 1. The SMILES string of the molecule is CN(Cc1ccncn1)C(=O)c1cc(COc2cccc(C(F)(F)F)c2)[nH]n1. The Morgan fingerprint density at radius 2 is 2.07 bits per heavy atom. The lowest BCUT2D eigenvalue weighted by atomic mass is 10.2. The molecule has 2 aromatic heterocycles. The van der Waals surface area contributed by atoms with Gasteiger partial charge in [0.25, 0.3) is 5.91 Å². The highest BCUT2D eigenvalue weighted by molar-refractivity contribution is 5.92. The summed E-state index contributed by atoms with van der Waals surface area (Å²) in [6, 6.07) is 7.76. The maximum atomic E-state index is 12.7. The van der Waals surface area contributed by atoms with Crippen molar-refractivity contribution >= 4 is 5.91 Å². The van der Waals surface area contributed by atoms with Gasteiger partial charge in [-0.25, -0.2) is 9.97 Å². The van der Waals surface area contributed by atoms with Crippen LogP contribution < -0.4 is 4.74 Å². The van der Waals surface area contributed by atoms with Crippen LogP contribution in [0, 0.1) is 0 Å². The molecule has 0 atom stereocenters. The van der Waals surface area contributed by atoms with Gasteiger partial charge in [-0.05, 0) is 30.3 Å². The second kappa shape index (κ2) is 8.07. The van der Waals surface area contributed by atoms with Crippen LogP contribution in [0.4, 0.5) is 13.2 Å². The largest absolute Gasteiger partial charge is 0.487 e. The fraction of sp³-hybridized carbons (Fsp3) is 0.222. The van der Waals surface area contributed by atoms with Gasteiger partial charge in [0.1, 0.15) is 18.7 Å². The third kappa shape index (κ3) is 4.84. The summed E-state index contributed by atoms with van der Waals surface area (Å²) in [5, 5.41) is 6.59. The predicted molar refractivity (Wildman–Crippen MR) is 92.2 cm³/mol. The molecule has 0 aliphatic rings. The first kappa shape index (κ1) is 19.3. The van der Waals surface area contributed by atoms with Crippen LogP contribution in [0.15, 0.2) is 48.9 Å². The molecule has 3 aromatic rings. The van der Waals surface area contributed by atoms with Gasteiger partial charge < -0.3 is 9.64 Å². The summed E-state index contributed by atoms with van der Waals surface area (Å²) >= 11 is 0. The van der Waals surface area contributed by atoms with Crippen molar-refractivity contribution in [1.29, 1.82) is 0 Å². The summed E-state index contributed by atoms with van der Waals surface area (Å²) in [6.07, 6.45) is -1.47. The average Bonchev–Trinajstić information content (AvgIpc) is 3.15. The third-order valence-corrected chi connectivity index (χ3v) is 3.79. The molecule has 3 rings (SSSR count). The number of hydrogen-bond acceptors (Lipinski definition) is 5. The first-order chi connectivity index (χ1) is 13.3. The summed E-state index contributed by atoms with van der Waals surface area (Å²) < 4.78 is 43.6. The van der Waals surface area contributed by atoms with Gasteiger partial charge in [0.15, 0.2) is 5.69 Å². The van der Waals surface area contributed by atoms with Crippen LogP contribution in [-0.2, 0) is 19.3 Å². The van der Waals surface area contributed by atoms with E-state index in [1.54, 1.807) is 19.3 Å².